The Kier molecular flexibility index (Phi) is 6.14. The molecule has 0 fully saturated rings. The average molecular weight is 168 g/mol. The normalized spacial score (nSPS) is 34.9. The molecule has 3 atom stereocenters. The maximum Gasteiger partial charge on any atom is -0.0259 e. The van der Waals surface area contributed by atoms with E-state index >= 15 is 0 Å². The van der Waals surface area contributed by atoms with Crippen LogP contribution in [0, 0.1) is 17.8 Å². The molecule has 0 N–H and O–H groups in total. The number of rotatable bonds is 0. The fourth-order valence-corrected chi connectivity index (χ4v) is 1.66. The number of hydrogen-bond donors (Lipinski definition) is 0. The minimum Gasteiger partial charge on any atom is -0.0880 e. The zero-order valence-corrected chi connectivity index (χ0v) is 9.30. The van der Waals surface area contributed by atoms with Crippen LogP contribution in [0.2, 0.25) is 0 Å². The van der Waals surface area contributed by atoms with Crippen molar-refractivity contribution in [1.29, 1.82) is 0 Å². The van der Waals surface area contributed by atoms with E-state index in [9.17, 15) is 0 Å². The first-order chi connectivity index (χ1) is 5.70. The van der Waals surface area contributed by atoms with Crippen molar-refractivity contribution < 1.29 is 0 Å². The monoisotopic (exact) mass is 168 g/mol. The van der Waals surface area contributed by atoms with Crippen molar-refractivity contribution in [3.8, 4) is 0 Å². The Bertz CT molecular complexity index is 124. The van der Waals surface area contributed by atoms with Gasteiger partial charge in [0.2, 0.25) is 0 Å². The SMILES string of the molecule is CC.CC1C=CCC(C)C(C)C1. The van der Waals surface area contributed by atoms with Gasteiger partial charge in [-0.15, -0.1) is 0 Å². The second-order valence-electron chi connectivity index (χ2n) is 3.83. The van der Waals surface area contributed by atoms with E-state index in [1.54, 1.807) is 0 Å². The summed E-state index contributed by atoms with van der Waals surface area (Å²) in [4.78, 5) is 0. The van der Waals surface area contributed by atoms with Crippen molar-refractivity contribution in [3.63, 3.8) is 0 Å². The highest BCUT2D eigenvalue weighted by Gasteiger charge is 2.15. The standard InChI is InChI=1S/C10H18.C2H6/c1-8-5-4-6-9(2)10(3)7-8;1-2/h4-5,8-10H,6-7H2,1-3H3;1-2H3. The lowest BCUT2D eigenvalue weighted by atomic mass is 9.89. The Labute approximate surface area is 78.1 Å². The van der Waals surface area contributed by atoms with Gasteiger partial charge < -0.3 is 0 Å². The largest absolute Gasteiger partial charge is 0.0880 e. The summed E-state index contributed by atoms with van der Waals surface area (Å²) >= 11 is 0. The first-order valence-corrected chi connectivity index (χ1v) is 5.37. The van der Waals surface area contributed by atoms with Crippen LogP contribution >= 0.6 is 0 Å². The molecular weight excluding hydrogens is 144 g/mol. The Hall–Kier alpha value is -0.260. The van der Waals surface area contributed by atoms with Crippen molar-refractivity contribution >= 4 is 0 Å². The summed E-state index contributed by atoms with van der Waals surface area (Å²) < 4.78 is 0. The molecule has 0 amide bonds. The van der Waals surface area contributed by atoms with Crippen LogP contribution in [-0.4, -0.2) is 0 Å². The smallest absolute Gasteiger partial charge is 0.0259 e. The van der Waals surface area contributed by atoms with Gasteiger partial charge in [-0.3, -0.25) is 0 Å². The molecular formula is C12H24. The molecule has 0 saturated heterocycles. The molecule has 72 valence electrons. The summed E-state index contributed by atoms with van der Waals surface area (Å²) in [6.07, 6.45) is 7.36. The van der Waals surface area contributed by atoms with Crippen molar-refractivity contribution in [3.05, 3.63) is 12.2 Å². The molecule has 1 aliphatic rings. The Balaban J connectivity index is 0.000000561. The van der Waals surface area contributed by atoms with Gasteiger partial charge in [-0.2, -0.15) is 0 Å². The van der Waals surface area contributed by atoms with Gasteiger partial charge in [-0.25, -0.2) is 0 Å². The third kappa shape index (κ3) is 3.94. The minimum atomic E-state index is 0.806. The molecule has 12 heavy (non-hydrogen) atoms. The summed E-state index contributed by atoms with van der Waals surface area (Å²) in [5.41, 5.74) is 0. The third-order valence-corrected chi connectivity index (χ3v) is 2.69. The van der Waals surface area contributed by atoms with Crippen LogP contribution in [0.15, 0.2) is 12.2 Å². The van der Waals surface area contributed by atoms with Gasteiger partial charge in [0.15, 0.2) is 0 Å². The summed E-state index contributed by atoms with van der Waals surface area (Å²) in [5, 5.41) is 0. The first-order valence-electron chi connectivity index (χ1n) is 5.37. The molecule has 0 aromatic rings. The van der Waals surface area contributed by atoms with Crippen molar-refractivity contribution in [1.82, 2.24) is 0 Å². The molecule has 3 unspecified atom stereocenters. The predicted molar refractivity (Wildman–Crippen MR) is 57.2 cm³/mol. The molecule has 0 heterocycles. The fourth-order valence-electron chi connectivity index (χ4n) is 1.66. The second kappa shape index (κ2) is 6.28. The topological polar surface area (TPSA) is 0 Å². The van der Waals surface area contributed by atoms with Crippen LogP contribution in [0.3, 0.4) is 0 Å². The summed E-state index contributed by atoms with van der Waals surface area (Å²) in [6.45, 7) is 11.0. The maximum absolute atomic E-state index is 2.37. The van der Waals surface area contributed by atoms with E-state index in [1.807, 2.05) is 13.8 Å². The van der Waals surface area contributed by atoms with E-state index in [2.05, 4.69) is 32.9 Å². The Morgan fingerprint density at radius 2 is 1.58 bits per heavy atom. The van der Waals surface area contributed by atoms with E-state index in [1.165, 1.54) is 12.8 Å². The summed E-state index contributed by atoms with van der Waals surface area (Å²) in [6, 6.07) is 0. The molecule has 0 heteroatoms. The van der Waals surface area contributed by atoms with Crippen LogP contribution in [0.4, 0.5) is 0 Å². The van der Waals surface area contributed by atoms with Crippen LogP contribution in [0.25, 0.3) is 0 Å². The molecule has 0 radical (unpaired) electrons. The maximum atomic E-state index is 2.37. The molecule has 1 aliphatic carbocycles. The van der Waals surface area contributed by atoms with Gasteiger partial charge >= 0.3 is 0 Å². The summed E-state index contributed by atoms with van der Waals surface area (Å²) in [7, 11) is 0. The second-order valence-corrected chi connectivity index (χ2v) is 3.83. The molecule has 0 spiro atoms. The van der Waals surface area contributed by atoms with Crippen molar-refractivity contribution in [2.45, 2.75) is 47.5 Å². The molecule has 1 rings (SSSR count). The molecule has 0 saturated carbocycles. The molecule has 0 nitrogen and oxygen atoms in total. The lowest BCUT2D eigenvalue weighted by Gasteiger charge is -2.17. The van der Waals surface area contributed by atoms with Crippen LogP contribution in [0.5, 0.6) is 0 Å². The van der Waals surface area contributed by atoms with E-state index in [0.717, 1.165) is 17.8 Å². The third-order valence-electron chi connectivity index (χ3n) is 2.69. The van der Waals surface area contributed by atoms with Gasteiger partial charge in [0.1, 0.15) is 0 Å². The lowest BCUT2D eigenvalue weighted by Crippen LogP contribution is -2.07. The first kappa shape index (κ1) is 11.7. The zero-order valence-electron chi connectivity index (χ0n) is 9.30. The lowest BCUT2D eigenvalue weighted by molar-refractivity contribution is 0.350. The summed E-state index contributed by atoms with van der Waals surface area (Å²) in [5.74, 6) is 2.60. The van der Waals surface area contributed by atoms with Crippen LogP contribution in [0.1, 0.15) is 47.5 Å². The number of allylic oxidation sites excluding steroid dienone is 2. The van der Waals surface area contributed by atoms with Crippen molar-refractivity contribution in [2.24, 2.45) is 17.8 Å². The van der Waals surface area contributed by atoms with E-state index < -0.39 is 0 Å². The highest BCUT2D eigenvalue weighted by molar-refractivity contribution is 4.92. The fraction of sp³-hybridized carbons (Fsp3) is 0.833. The molecule has 0 aromatic heterocycles. The van der Waals surface area contributed by atoms with E-state index in [-0.39, 0.29) is 0 Å². The molecule has 0 bridgehead atoms. The highest BCUT2D eigenvalue weighted by atomic mass is 14.2. The average Bonchev–Trinajstić information content (AvgIpc) is 2.19. The zero-order chi connectivity index (χ0) is 9.56. The van der Waals surface area contributed by atoms with Gasteiger partial charge in [-0.05, 0) is 30.6 Å². The number of hydrogen-bond acceptors (Lipinski definition) is 0. The Morgan fingerprint density at radius 3 is 2.17 bits per heavy atom. The van der Waals surface area contributed by atoms with E-state index in [0.29, 0.717) is 0 Å². The van der Waals surface area contributed by atoms with Gasteiger partial charge in [0.05, 0.1) is 0 Å². The van der Waals surface area contributed by atoms with Gasteiger partial charge in [0.25, 0.3) is 0 Å². The molecule has 0 aromatic carbocycles. The predicted octanol–water partition coefficient (Wildman–Crippen LogP) is 4.27. The van der Waals surface area contributed by atoms with Crippen molar-refractivity contribution in [2.75, 3.05) is 0 Å². The quantitative estimate of drug-likeness (QED) is 0.474. The van der Waals surface area contributed by atoms with Gasteiger partial charge in [0, 0.05) is 0 Å². The highest BCUT2D eigenvalue weighted by Crippen LogP contribution is 2.26. The molecule has 0 aliphatic heterocycles. The van der Waals surface area contributed by atoms with Gasteiger partial charge in [-0.1, -0.05) is 46.8 Å². The van der Waals surface area contributed by atoms with E-state index in [4.69, 9.17) is 0 Å². The Morgan fingerprint density at radius 1 is 1.00 bits per heavy atom. The minimum absolute atomic E-state index is 0.806. The van der Waals surface area contributed by atoms with Crippen LogP contribution in [-0.2, 0) is 0 Å². The van der Waals surface area contributed by atoms with Crippen LogP contribution < -0.4 is 0 Å².